The van der Waals surface area contributed by atoms with Crippen LogP contribution < -0.4 is 10.6 Å². The summed E-state index contributed by atoms with van der Waals surface area (Å²) >= 11 is 0. The van der Waals surface area contributed by atoms with Gasteiger partial charge in [0, 0.05) is 18.4 Å². The number of fused-ring (bicyclic) bond motifs is 1. The van der Waals surface area contributed by atoms with Crippen molar-refractivity contribution in [3.63, 3.8) is 0 Å². The van der Waals surface area contributed by atoms with Crippen LogP contribution in [-0.4, -0.2) is 34.2 Å². The Kier molecular flexibility index (Phi) is 6.07. The van der Waals surface area contributed by atoms with Gasteiger partial charge in [-0.3, -0.25) is 15.5 Å². The normalized spacial score (nSPS) is 19.9. The van der Waals surface area contributed by atoms with Gasteiger partial charge in [0.05, 0.1) is 0 Å². The fraction of sp³-hybridized carbons (Fsp3) is 0.280. The van der Waals surface area contributed by atoms with Gasteiger partial charge in [-0.1, -0.05) is 73.7 Å². The molecule has 6 heteroatoms. The van der Waals surface area contributed by atoms with Crippen molar-refractivity contribution in [2.45, 2.75) is 44.9 Å². The minimum atomic E-state index is -0.457. The highest BCUT2D eigenvalue weighted by atomic mass is 16.2. The third-order valence-electron chi connectivity index (χ3n) is 5.96. The molecule has 0 bridgehead atoms. The fourth-order valence-electron chi connectivity index (χ4n) is 3.98. The zero-order valence-corrected chi connectivity index (χ0v) is 17.9. The maximum absolute atomic E-state index is 11.9. The third-order valence-corrected chi connectivity index (χ3v) is 5.96. The van der Waals surface area contributed by atoms with E-state index in [1.807, 2.05) is 29.3 Å². The van der Waals surface area contributed by atoms with Crippen molar-refractivity contribution in [3.8, 4) is 0 Å². The number of nitrogens with one attached hydrogen (secondary N) is 2. The Morgan fingerprint density at radius 3 is 2.29 bits per heavy atom. The molecule has 1 fully saturated rings. The molecular weight excluding hydrogens is 388 g/mol. The highest BCUT2D eigenvalue weighted by molar-refractivity contribution is 5.96. The monoisotopic (exact) mass is 416 g/mol. The van der Waals surface area contributed by atoms with Crippen molar-refractivity contribution in [2.75, 3.05) is 0 Å². The largest absolute Gasteiger partial charge is 0.336 e. The molecule has 2 aliphatic rings. The van der Waals surface area contributed by atoms with Crippen LogP contribution in [0.25, 0.3) is 12.2 Å². The molecule has 0 spiro atoms. The van der Waals surface area contributed by atoms with E-state index < -0.39 is 18.4 Å². The molecule has 31 heavy (non-hydrogen) atoms. The summed E-state index contributed by atoms with van der Waals surface area (Å²) in [5, 5.41) is 5.06. The van der Waals surface area contributed by atoms with E-state index in [-0.39, 0.29) is 6.04 Å². The van der Waals surface area contributed by atoms with Crippen LogP contribution in [0.1, 0.15) is 49.3 Å². The van der Waals surface area contributed by atoms with E-state index in [1.54, 1.807) is 6.20 Å². The molecule has 0 aliphatic carbocycles. The Labute approximate surface area is 183 Å². The topological polar surface area (TPSA) is 64.7 Å². The van der Waals surface area contributed by atoms with Gasteiger partial charge in [-0.05, 0) is 42.4 Å². The Bertz CT molecular complexity index is 984. The molecule has 160 valence electrons. The Morgan fingerprint density at radius 1 is 0.903 bits per heavy atom. The van der Waals surface area contributed by atoms with Crippen LogP contribution in [-0.2, 0) is 0 Å². The maximum Gasteiger partial charge on any atom is 0.332 e. The summed E-state index contributed by atoms with van der Waals surface area (Å²) < 4.78 is 0. The molecule has 4 rings (SSSR count). The SMILES string of the molecule is CC(CCC(C)N1C=CN2C(=O)NC(=O)NC21)c1ccc(/C=C/c2ccccc2)cc1. The smallest absolute Gasteiger partial charge is 0.332 e. The molecule has 2 aliphatic heterocycles. The lowest BCUT2D eigenvalue weighted by Crippen LogP contribution is -2.65. The third kappa shape index (κ3) is 4.79. The van der Waals surface area contributed by atoms with Gasteiger partial charge in [0.25, 0.3) is 0 Å². The van der Waals surface area contributed by atoms with Crippen molar-refractivity contribution in [1.82, 2.24) is 20.4 Å². The first-order valence-electron chi connectivity index (χ1n) is 10.7. The first-order valence-corrected chi connectivity index (χ1v) is 10.7. The van der Waals surface area contributed by atoms with Crippen LogP contribution in [0.5, 0.6) is 0 Å². The predicted molar refractivity (Wildman–Crippen MR) is 123 cm³/mol. The van der Waals surface area contributed by atoms with Gasteiger partial charge in [-0.15, -0.1) is 0 Å². The average Bonchev–Trinajstić information content (AvgIpc) is 3.21. The highest BCUT2D eigenvalue weighted by Crippen LogP contribution is 2.26. The summed E-state index contributed by atoms with van der Waals surface area (Å²) in [6.07, 6.45) is 9.35. The number of nitrogens with zero attached hydrogens (tertiary/aromatic N) is 2. The van der Waals surface area contributed by atoms with Crippen LogP contribution in [0.2, 0.25) is 0 Å². The molecule has 3 atom stereocenters. The lowest BCUT2D eigenvalue weighted by Gasteiger charge is -2.38. The number of benzene rings is 2. The van der Waals surface area contributed by atoms with E-state index in [1.165, 1.54) is 21.6 Å². The van der Waals surface area contributed by atoms with E-state index in [4.69, 9.17) is 0 Å². The van der Waals surface area contributed by atoms with E-state index in [0.717, 1.165) is 12.8 Å². The number of hydrogen-bond acceptors (Lipinski definition) is 3. The van der Waals surface area contributed by atoms with Crippen LogP contribution in [0.15, 0.2) is 67.0 Å². The molecule has 2 heterocycles. The van der Waals surface area contributed by atoms with Gasteiger partial charge in [-0.25, -0.2) is 9.59 Å². The molecule has 2 aromatic carbocycles. The molecule has 4 amide bonds. The van der Waals surface area contributed by atoms with E-state index in [0.29, 0.717) is 5.92 Å². The molecular formula is C25H28N4O2. The Morgan fingerprint density at radius 2 is 1.58 bits per heavy atom. The quantitative estimate of drug-likeness (QED) is 0.629. The molecule has 2 aromatic rings. The zero-order valence-electron chi connectivity index (χ0n) is 17.9. The second-order valence-electron chi connectivity index (χ2n) is 8.17. The highest BCUT2D eigenvalue weighted by Gasteiger charge is 2.38. The van der Waals surface area contributed by atoms with Crippen molar-refractivity contribution < 1.29 is 9.59 Å². The molecule has 0 saturated carbocycles. The second kappa shape index (κ2) is 9.08. The summed E-state index contributed by atoms with van der Waals surface area (Å²) in [7, 11) is 0. The molecule has 3 unspecified atom stereocenters. The summed E-state index contributed by atoms with van der Waals surface area (Å²) in [4.78, 5) is 27.1. The van der Waals surface area contributed by atoms with E-state index in [9.17, 15) is 9.59 Å². The molecule has 6 nitrogen and oxygen atoms in total. The summed E-state index contributed by atoms with van der Waals surface area (Å²) in [6.45, 7) is 4.36. The van der Waals surface area contributed by atoms with Crippen molar-refractivity contribution in [3.05, 3.63) is 83.7 Å². The second-order valence-corrected chi connectivity index (χ2v) is 8.17. The Hall–Kier alpha value is -3.54. The lowest BCUT2D eigenvalue weighted by molar-refractivity contribution is 0.0934. The van der Waals surface area contributed by atoms with Crippen LogP contribution in [0, 0.1) is 0 Å². The van der Waals surface area contributed by atoms with Gasteiger partial charge in [-0.2, -0.15) is 0 Å². The van der Waals surface area contributed by atoms with Gasteiger partial charge < -0.3 is 4.90 Å². The molecule has 0 aromatic heterocycles. The van der Waals surface area contributed by atoms with Gasteiger partial charge in [0.15, 0.2) is 6.29 Å². The maximum atomic E-state index is 11.9. The fourth-order valence-corrected chi connectivity index (χ4v) is 3.98. The molecule has 2 N–H and O–H groups in total. The number of rotatable bonds is 7. The predicted octanol–water partition coefficient (Wildman–Crippen LogP) is 4.93. The number of urea groups is 2. The number of carbonyl (C=O) groups excluding carboxylic acids is 2. The van der Waals surface area contributed by atoms with Gasteiger partial charge in [0.1, 0.15) is 0 Å². The van der Waals surface area contributed by atoms with Crippen molar-refractivity contribution >= 4 is 24.2 Å². The van der Waals surface area contributed by atoms with Crippen LogP contribution in [0.4, 0.5) is 9.59 Å². The van der Waals surface area contributed by atoms with Crippen LogP contribution >= 0.6 is 0 Å². The summed E-state index contributed by atoms with van der Waals surface area (Å²) in [5.74, 6) is 0.418. The lowest BCUT2D eigenvalue weighted by atomic mass is 9.93. The molecule has 1 saturated heterocycles. The zero-order chi connectivity index (χ0) is 21.8. The minimum Gasteiger partial charge on any atom is -0.336 e. The minimum absolute atomic E-state index is 0.188. The summed E-state index contributed by atoms with van der Waals surface area (Å²) in [5.41, 5.74) is 3.69. The van der Waals surface area contributed by atoms with E-state index in [2.05, 4.69) is 73.0 Å². The van der Waals surface area contributed by atoms with Gasteiger partial charge >= 0.3 is 12.1 Å². The number of hydrogen-bond donors (Lipinski definition) is 2. The summed E-state index contributed by atoms with van der Waals surface area (Å²) in [6, 6.07) is 18.3. The van der Waals surface area contributed by atoms with Crippen molar-refractivity contribution in [1.29, 1.82) is 0 Å². The van der Waals surface area contributed by atoms with E-state index >= 15 is 0 Å². The number of imide groups is 1. The van der Waals surface area contributed by atoms with Crippen LogP contribution in [0.3, 0.4) is 0 Å². The first kappa shape index (κ1) is 20.7. The average molecular weight is 417 g/mol. The standard InChI is InChI=1S/C25H28N4O2/c1-18(22-14-12-21(13-15-22)11-10-20-6-4-3-5-7-20)8-9-19(2)28-16-17-29-24(28)26-23(30)27-25(29)31/h3-7,10-19,24H,8-9H2,1-2H3,(H2,26,27,30,31)/b11-10+. The first-order chi connectivity index (χ1) is 15.0. The van der Waals surface area contributed by atoms with Gasteiger partial charge in [0.2, 0.25) is 0 Å². The number of amides is 4. The van der Waals surface area contributed by atoms with Crippen molar-refractivity contribution in [2.24, 2.45) is 0 Å². The molecule has 0 radical (unpaired) electrons. The number of carbonyl (C=O) groups is 2. The Balaban J connectivity index is 1.31.